The van der Waals surface area contributed by atoms with Crippen molar-refractivity contribution < 1.29 is 17.9 Å². The lowest BCUT2D eigenvalue weighted by molar-refractivity contribution is -0.123. The average Bonchev–Trinajstić information content (AvgIpc) is 2.72. The van der Waals surface area contributed by atoms with Gasteiger partial charge in [0.2, 0.25) is 10.0 Å². The summed E-state index contributed by atoms with van der Waals surface area (Å²) in [6.45, 7) is 2.60. The maximum absolute atomic E-state index is 12.7. The van der Waals surface area contributed by atoms with Crippen molar-refractivity contribution in [1.82, 2.24) is 14.5 Å². The van der Waals surface area contributed by atoms with Crippen LogP contribution >= 0.6 is 11.6 Å². The summed E-state index contributed by atoms with van der Waals surface area (Å²) in [5.41, 5.74) is 0.808. The Hall–Kier alpha value is -2.13. The van der Waals surface area contributed by atoms with Gasteiger partial charge in [0.25, 0.3) is 5.91 Å². The Morgan fingerprint density at radius 2 is 1.66 bits per heavy atom. The Labute approximate surface area is 176 Å². The Bertz CT molecular complexity index is 925. The van der Waals surface area contributed by atoms with Crippen LogP contribution in [0.5, 0.6) is 5.75 Å². The molecule has 0 radical (unpaired) electrons. The molecule has 2 aromatic rings. The van der Waals surface area contributed by atoms with E-state index in [1.165, 1.54) is 4.31 Å². The summed E-state index contributed by atoms with van der Waals surface area (Å²) in [6, 6.07) is 13.3. The van der Waals surface area contributed by atoms with Crippen molar-refractivity contribution in [3.05, 3.63) is 59.1 Å². The predicted molar refractivity (Wildman–Crippen MR) is 111 cm³/mol. The molecule has 1 saturated heterocycles. The van der Waals surface area contributed by atoms with Gasteiger partial charge in [0.05, 0.1) is 4.90 Å². The molecule has 0 spiro atoms. The summed E-state index contributed by atoms with van der Waals surface area (Å²) >= 11 is 5.80. The van der Waals surface area contributed by atoms with Crippen LogP contribution in [0.2, 0.25) is 5.02 Å². The van der Waals surface area contributed by atoms with Crippen molar-refractivity contribution >= 4 is 27.5 Å². The molecule has 1 fully saturated rings. The number of nitrogens with zero attached hydrogens (tertiary/aromatic N) is 2. The van der Waals surface area contributed by atoms with Gasteiger partial charge in [-0.3, -0.25) is 4.79 Å². The molecule has 1 aliphatic heterocycles. The molecule has 7 nitrogen and oxygen atoms in total. The third-order valence-corrected chi connectivity index (χ3v) is 6.86. The number of likely N-dealkylation sites (N-methyl/N-ethyl adjacent to an activating group) is 1. The van der Waals surface area contributed by atoms with Gasteiger partial charge in [0, 0.05) is 37.7 Å². The Kier molecular flexibility index (Phi) is 7.13. The first-order valence-electron chi connectivity index (χ1n) is 9.27. The second-order valence-corrected chi connectivity index (χ2v) is 9.25. The van der Waals surface area contributed by atoms with Gasteiger partial charge >= 0.3 is 0 Å². The molecule has 1 N–H and O–H groups in total. The van der Waals surface area contributed by atoms with E-state index in [4.69, 9.17) is 16.3 Å². The molecule has 2 aromatic carbocycles. The topological polar surface area (TPSA) is 79.0 Å². The van der Waals surface area contributed by atoms with Crippen LogP contribution in [-0.4, -0.2) is 63.4 Å². The van der Waals surface area contributed by atoms with Crippen LogP contribution in [0, 0.1) is 0 Å². The molecule has 0 unspecified atom stereocenters. The number of piperazine rings is 1. The van der Waals surface area contributed by atoms with E-state index in [0.717, 1.165) is 18.7 Å². The SMILES string of the molecule is CN1CCN(S(=O)(=O)c2ccc(CNC(=O)COc3ccc(Cl)cc3)cc2)CC1. The zero-order valence-electron chi connectivity index (χ0n) is 16.2. The summed E-state index contributed by atoms with van der Waals surface area (Å²) in [7, 11) is -1.51. The number of carbonyl (C=O) groups is 1. The summed E-state index contributed by atoms with van der Waals surface area (Å²) < 4.78 is 32.4. The van der Waals surface area contributed by atoms with Crippen molar-refractivity contribution in [2.45, 2.75) is 11.4 Å². The Balaban J connectivity index is 1.49. The number of hydrogen-bond acceptors (Lipinski definition) is 5. The van der Waals surface area contributed by atoms with Gasteiger partial charge in [-0.05, 0) is 49.0 Å². The molecular formula is C20H24ClN3O4S. The first kappa shape index (κ1) is 21.6. The average molecular weight is 438 g/mol. The molecule has 0 atom stereocenters. The molecule has 0 aliphatic carbocycles. The predicted octanol–water partition coefficient (Wildman–Crippen LogP) is 1.97. The normalized spacial score (nSPS) is 15.8. The summed E-state index contributed by atoms with van der Waals surface area (Å²) in [4.78, 5) is 14.3. The minimum Gasteiger partial charge on any atom is -0.484 e. The first-order valence-corrected chi connectivity index (χ1v) is 11.1. The van der Waals surface area contributed by atoms with Crippen molar-refractivity contribution in [2.75, 3.05) is 39.8 Å². The van der Waals surface area contributed by atoms with E-state index in [-0.39, 0.29) is 24.0 Å². The van der Waals surface area contributed by atoms with Gasteiger partial charge in [-0.25, -0.2) is 8.42 Å². The lowest BCUT2D eigenvalue weighted by atomic mass is 10.2. The van der Waals surface area contributed by atoms with Crippen molar-refractivity contribution in [1.29, 1.82) is 0 Å². The number of amides is 1. The first-order chi connectivity index (χ1) is 13.8. The summed E-state index contributed by atoms with van der Waals surface area (Å²) in [6.07, 6.45) is 0. The minimum atomic E-state index is -3.49. The van der Waals surface area contributed by atoms with Gasteiger partial charge in [-0.2, -0.15) is 4.31 Å². The van der Waals surface area contributed by atoms with Gasteiger partial charge in [-0.15, -0.1) is 0 Å². The quantitative estimate of drug-likeness (QED) is 0.716. The molecule has 1 heterocycles. The summed E-state index contributed by atoms with van der Waals surface area (Å²) in [5, 5.41) is 3.35. The highest BCUT2D eigenvalue weighted by atomic mass is 35.5. The fourth-order valence-electron chi connectivity index (χ4n) is 2.89. The van der Waals surface area contributed by atoms with Gasteiger partial charge < -0.3 is 15.0 Å². The standard InChI is InChI=1S/C20H24ClN3O4S/c1-23-10-12-24(13-11-23)29(26,27)19-8-2-16(3-9-19)14-22-20(25)15-28-18-6-4-17(21)5-7-18/h2-9H,10-15H2,1H3,(H,22,25). The second kappa shape index (κ2) is 9.58. The zero-order valence-corrected chi connectivity index (χ0v) is 17.7. The fourth-order valence-corrected chi connectivity index (χ4v) is 4.44. The van der Waals surface area contributed by atoms with E-state index in [0.29, 0.717) is 23.9 Å². The largest absolute Gasteiger partial charge is 0.484 e. The number of sulfonamides is 1. The van der Waals surface area contributed by atoms with Crippen molar-refractivity contribution in [3.63, 3.8) is 0 Å². The van der Waals surface area contributed by atoms with Crippen LogP contribution in [0.4, 0.5) is 0 Å². The molecule has 9 heteroatoms. The second-order valence-electron chi connectivity index (χ2n) is 6.87. The highest BCUT2D eigenvalue weighted by Gasteiger charge is 2.27. The van der Waals surface area contributed by atoms with Gasteiger partial charge in [-0.1, -0.05) is 23.7 Å². The van der Waals surface area contributed by atoms with Crippen LogP contribution < -0.4 is 10.1 Å². The van der Waals surface area contributed by atoms with Gasteiger partial charge in [0.1, 0.15) is 5.75 Å². The molecule has 0 bridgehead atoms. The van der Waals surface area contributed by atoms with Crippen LogP contribution in [0.1, 0.15) is 5.56 Å². The van der Waals surface area contributed by atoms with E-state index in [1.807, 2.05) is 7.05 Å². The third-order valence-electron chi connectivity index (χ3n) is 4.70. The van der Waals surface area contributed by atoms with Crippen LogP contribution in [0.15, 0.2) is 53.4 Å². The third kappa shape index (κ3) is 5.93. The zero-order chi connectivity index (χ0) is 20.9. The number of carbonyl (C=O) groups excluding carboxylic acids is 1. The van der Waals surface area contributed by atoms with Crippen LogP contribution in [-0.2, 0) is 21.4 Å². The molecule has 29 heavy (non-hydrogen) atoms. The molecular weight excluding hydrogens is 414 g/mol. The number of rotatable bonds is 7. The number of ether oxygens (including phenoxy) is 1. The highest BCUT2D eigenvalue weighted by molar-refractivity contribution is 7.89. The Morgan fingerprint density at radius 3 is 2.28 bits per heavy atom. The maximum Gasteiger partial charge on any atom is 0.258 e. The van der Waals surface area contributed by atoms with Crippen LogP contribution in [0.3, 0.4) is 0 Å². The number of hydrogen-bond donors (Lipinski definition) is 1. The van der Waals surface area contributed by atoms with E-state index in [9.17, 15) is 13.2 Å². The van der Waals surface area contributed by atoms with E-state index in [2.05, 4.69) is 10.2 Å². The number of benzene rings is 2. The monoisotopic (exact) mass is 437 g/mol. The lowest BCUT2D eigenvalue weighted by Gasteiger charge is -2.31. The molecule has 156 valence electrons. The van der Waals surface area contributed by atoms with E-state index < -0.39 is 10.0 Å². The van der Waals surface area contributed by atoms with Crippen molar-refractivity contribution in [2.24, 2.45) is 0 Å². The van der Waals surface area contributed by atoms with Crippen LogP contribution in [0.25, 0.3) is 0 Å². The minimum absolute atomic E-state index is 0.114. The Morgan fingerprint density at radius 1 is 1.03 bits per heavy atom. The number of halogens is 1. The van der Waals surface area contributed by atoms with Gasteiger partial charge in [0.15, 0.2) is 6.61 Å². The number of nitrogens with one attached hydrogen (secondary N) is 1. The highest BCUT2D eigenvalue weighted by Crippen LogP contribution is 2.18. The smallest absolute Gasteiger partial charge is 0.258 e. The summed E-state index contributed by atoms with van der Waals surface area (Å²) in [5.74, 6) is 0.289. The molecule has 1 amide bonds. The van der Waals surface area contributed by atoms with E-state index >= 15 is 0 Å². The molecule has 1 aliphatic rings. The fraction of sp³-hybridized carbons (Fsp3) is 0.350. The molecule has 3 rings (SSSR count). The van der Waals surface area contributed by atoms with Crippen molar-refractivity contribution in [3.8, 4) is 5.75 Å². The lowest BCUT2D eigenvalue weighted by Crippen LogP contribution is -2.47. The molecule has 0 saturated carbocycles. The molecule has 0 aromatic heterocycles. The van der Waals surface area contributed by atoms with E-state index in [1.54, 1.807) is 48.5 Å². The maximum atomic E-state index is 12.7.